The second-order valence-electron chi connectivity index (χ2n) is 5.36. The quantitative estimate of drug-likeness (QED) is 0.790. The predicted octanol–water partition coefficient (Wildman–Crippen LogP) is 2.84. The highest BCUT2D eigenvalue weighted by molar-refractivity contribution is 7.20. The first kappa shape index (κ1) is 12.6. The van der Waals surface area contributed by atoms with E-state index >= 15 is 0 Å². The Kier molecular flexibility index (Phi) is 3.00. The maximum atomic E-state index is 12.4. The van der Waals surface area contributed by atoms with Gasteiger partial charge in [0.15, 0.2) is 0 Å². The molecule has 0 saturated heterocycles. The first-order chi connectivity index (χ1) is 10.3. The van der Waals surface area contributed by atoms with E-state index in [1.165, 1.54) is 5.69 Å². The lowest BCUT2D eigenvalue weighted by Crippen LogP contribution is -2.39. The zero-order valence-corrected chi connectivity index (χ0v) is 12.3. The van der Waals surface area contributed by atoms with E-state index in [2.05, 4.69) is 16.5 Å². The van der Waals surface area contributed by atoms with Crippen molar-refractivity contribution in [2.24, 2.45) is 0 Å². The number of carbonyl (C=O) groups is 1. The average Bonchev–Trinajstić information content (AvgIpc) is 3.13. The third-order valence-electron chi connectivity index (χ3n) is 3.93. The third kappa shape index (κ3) is 2.34. The Morgan fingerprint density at radius 2 is 2.24 bits per heavy atom. The molecule has 1 N–H and O–H groups in total. The van der Waals surface area contributed by atoms with Gasteiger partial charge >= 0.3 is 0 Å². The number of aryl methyl sites for hydroxylation is 1. The van der Waals surface area contributed by atoms with E-state index in [-0.39, 0.29) is 11.9 Å². The molecule has 0 unspecified atom stereocenters. The third-order valence-corrected chi connectivity index (χ3v) is 5.05. The Morgan fingerprint density at radius 1 is 1.33 bits per heavy atom. The van der Waals surface area contributed by atoms with E-state index in [4.69, 9.17) is 0 Å². The molecule has 1 amide bonds. The summed E-state index contributed by atoms with van der Waals surface area (Å²) >= 11 is 1.55. The van der Waals surface area contributed by atoms with Crippen molar-refractivity contribution in [3.8, 4) is 0 Å². The van der Waals surface area contributed by atoms with Crippen molar-refractivity contribution in [1.29, 1.82) is 0 Å². The van der Waals surface area contributed by atoms with Gasteiger partial charge in [-0.05, 0) is 30.0 Å². The lowest BCUT2D eigenvalue weighted by Gasteiger charge is -2.24. The zero-order chi connectivity index (χ0) is 14.2. The Hall–Kier alpha value is -2.14. The molecule has 3 aromatic rings. The number of hydrogen-bond acceptors (Lipinski definition) is 3. The molecular weight excluding hydrogens is 282 g/mol. The molecule has 5 heteroatoms. The van der Waals surface area contributed by atoms with Crippen LogP contribution in [0.1, 0.15) is 21.8 Å². The fourth-order valence-electron chi connectivity index (χ4n) is 2.84. The molecule has 3 heterocycles. The molecule has 0 fully saturated rings. The van der Waals surface area contributed by atoms with E-state index < -0.39 is 0 Å². The van der Waals surface area contributed by atoms with E-state index in [0.717, 1.165) is 34.3 Å². The van der Waals surface area contributed by atoms with Gasteiger partial charge in [0, 0.05) is 35.6 Å². The first-order valence-corrected chi connectivity index (χ1v) is 7.91. The Morgan fingerprint density at radius 3 is 3.14 bits per heavy atom. The molecule has 1 aliphatic heterocycles. The highest BCUT2D eigenvalue weighted by atomic mass is 32.1. The monoisotopic (exact) mass is 297 g/mol. The zero-order valence-electron chi connectivity index (χ0n) is 11.5. The normalized spacial score (nSPS) is 17.6. The molecule has 4 rings (SSSR count). The van der Waals surface area contributed by atoms with Crippen LogP contribution in [0.15, 0.2) is 42.6 Å². The van der Waals surface area contributed by atoms with Crippen LogP contribution in [0.3, 0.4) is 0 Å². The predicted molar refractivity (Wildman–Crippen MR) is 83.6 cm³/mol. The Bertz CT molecular complexity index is 772. The minimum Gasteiger partial charge on any atom is -0.348 e. The van der Waals surface area contributed by atoms with Gasteiger partial charge in [-0.1, -0.05) is 18.2 Å². The number of rotatable bonds is 2. The number of hydrogen-bond donors (Lipinski definition) is 1. The van der Waals surface area contributed by atoms with Crippen LogP contribution < -0.4 is 5.32 Å². The van der Waals surface area contributed by atoms with Crippen LogP contribution >= 0.6 is 11.3 Å². The summed E-state index contributed by atoms with van der Waals surface area (Å²) in [5.74, 6) is 0.0363. The molecule has 0 saturated carbocycles. The highest BCUT2D eigenvalue weighted by Gasteiger charge is 2.21. The number of benzene rings is 1. The summed E-state index contributed by atoms with van der Waals surface area (Å²) in [6, 6.07) is 12.3. The van der Waals surface area contributed by atoms with E-state index in [9.17, 15) is 4.79 Å². The second-order valence-corrected chi connectivity index (χ2v) is 6.44. The van der Waals surface area contributed by atoms with Crippen molar-refractivity contribution in [3.05, 3.63) is 53.2 Å². The van der Waals surface area contributed by atoms with E-state index in [1.54, 1.807) is 11.3 Å². The molecular formula is C16H15N3OS. The maximum absolute atomic E-state index is 12.4. The van der Waals surface area contributed by atoms with Gasteiger partial charge in [0.05, 0.1) is 4.88 Å². The number of thiophene rings is 1. The first-order valence-electron chi connectivity index (χ1n) is 7.10. The molecule has 1 atom stereocenters. The molecule has 0 radical (unpaired) electrons. The molecule has 4 nitrogen and oxygen atoms in total. The molecule has 0 bridgehead atoms. The molecule has 2 aromatic heterocycles. The van der Waals surface area contributed by atoms with Crippen LogP contribution in [-0.4, -0.2) is 21.7 Å². The largest absolute Gasteiger partial charge is 0.348 e. The van der Waals surface area contributed by atoms with E-state index in [0.29, 0.717) is 0 Å². The summed E-state index contributed by atoms with van der Waals surface area (Å²) in [5, 5.41) is 8.55. The van der Waals surface area contributed by atoms with Gasteiger partial charge < -0.3 is 5.32 Å². The van der Waals surface area contributed by atoms with Gasteiger partial charge in [-0.3, -0.25) is 9.48 Å². The minimum absolute atomic E-state index is 0.0363. The Labute approximate surface area is 126 Å². The fourth-order valence-corrected chi connectivity index (χ4v) is 3.81. The van der Waals surface area contributed by atoms with Crippen molar-refractivity contribution in [1.82, 2.24) is 15.1 Å². The number of nitrogens with one attached hydrogen (secondary N) is 1. The topological polar surface area (TPSA) is 46.9 Å². The number of fused-ring (bicyclic) bond motifs is 2. The van der Waals surface area contributed by atoms with Crippen LogP contribution in [0, 0.1) is 0 Å². The molecule has 106 valence electrons. The minimum atomic E-state index is 0.0363. The van der Waals surface area contributed by atoms with Crippen LogP contribution in [0.4, 0.5) is 0 Å². The van der Waals surface area contributed by atoms with Crippen molar-refractivity contribution in [2.45, 2.75) is 25.4 Å². The van der Waals surface area contributed by atoms with Gasteiger partial charge in [-0.2, -0.15) is 5.10 Å². The van der Waals surface area contributed by atoms with Crippen LogP contribution in [0.25, 0.3) is 10.1 Å². The Balaban J connectivity index is 1.51. The lowest BCUT2D eigenvalue weighted by molar-refractivity contribution is 0.0934. The molecule has 0 aliphatic carbocycles. The van der Waals surface area contributed by atoms with Gasteiger partial charge in [-0.15, -0.1) is 11.3 Å². The summed E-state index contributed by atoms with van der Waals surface area (Å²) in [5.41, 5.74) is 1.20. The van der Waals surface area contributed by atoms with E-state index in [1.807, 2.05) is 41.2 Å². The summed E-state index contributed by atoms with van der Waals surface area (Å²) in [7, 11) is 0. The standard InChI is InChI=1S/C16H15N3OS/c20-16(15-9-11-3-1-2-4-14(11)21-15)18-12-6-8-19-13(10-12)5-7-17-19/h1-5,7,9,12H,6,8,10H2,(H,18,20)/t12-/m0/s1. The molecule has 1 aliphatic rings. The average molecular weight is 297 g/mol. The van der Waals surface area contributed by atoms with Crippen LogP contribution in [0.5, 0.6) is 0 Å². The van der Waals surface area contributed by atoms with Gasteiger partial charge in [-0.25, -0.2) is 0 Å². The van der Waals surface area contributed by atoms with Crippen LogP contribution in [-0.2, 0) is 13.0 Å². The summed E-state index contributed by atoms with van der Waals surface area (Å²) in [6.45, 7) is 0.875. The van der Waals surface area contributed by atoms with Gasteiger partial charge in [0.2, 0.25) is 0 Å². The smallest absolute Gasteiger partial charge is 0.261 e. The molecule has 1 aromatic carbocycles. The van der Waals surface area contributed by atoms with Gasteiger partial charge in [0.1, 0.15) is 0 Å². The second kappa shape index (κ2) is 5.00. The lowest BCUT2D eigenvalue weighted by atomic mass is 10.0. The van der Waals surface area contributed by atoms with Crippen molar-refractivity contribution in [2.75, 3.05) is 0 Å². The molecule has 0 spiro atoms. The number of aromatic nitrogens is 2. The molecule has 21 heavy (non-hydrogen) atoms. The van der Waals surface area contributed by atoms with Crippen LogP contribution in [0.2, 0.25) is 0 Å². The van der Waals surface area contributed by atoms with Crippen molar-refractivity contribution in [3.63, 3.8) is 0 Å². The fraction of sp³-hybridized carbons (Fsp3) is 0.250. The summed E-state index contributed by atoms with van der Waals surface area (Å²) in [6.07, 6.45) is 3.62. The number of carbonyl (C=O) groups excluding carboxylic acids is 1. The van der Waals surface area contributed by atoms with Gasteiger partial charge in [0.25, 0.3) is 5.91 Å². The maximum Gasteiger partial charge on any atom is 0.261 e. The summed E-state index contributed by atoms with van der Waals surface area (Å²) in [4.78, 5) is 13.2. The highest BCUT2D eigenvalue weighted by Crippen LogP contribution is 2.25. The SMILES string of the molecule is O=C(N[C@H]1CCn2nccc2C1)c1cc2ccccc2s1. The summed E-state index contributed by atoms with van der Waals surface area (Å²) < 4.78 is 3.17. The van der Waals surface area contributed by atoms with Crippen molar-refractivity contribution >= 4 is 27.3 Å². The van der Waals surface area contributed by atoms with Crippen molar-refractivity contribution < 1.29 is 4.79 Å². The number of amides is 1. The number of nitrogens with zero attached hydrogens (tertiary/aromatic N) is 2.